The SMILES string of the molecule is O=C(OC[C@H]1O[C@@H](C(=O)Cl)[C@H](OC(=O)c2ccccc2)[C@@H]1OC(=O)c1ccccc1)c1ccccc1. The zero-order valence-corrected chi connectivity index (χ0v) is 19.6. The average Bonchev–Trinajstić information content (AvgIpc) is 3.25. The number of benzene rings is 3. The molecule has 0 aromatic heterocycles. The lowest BCUT2D eigenvalue weighted by molar-refractivity contribution is -0.126. The Balaban J connectivity index is 1.58. The van der Waals surface area contributed by atoms with E-state index in [1.54, 1.807) is 66.7 Å². The minimum Gasteiger partial charge on any atom is -0.459 e. The van der Waals surface area contributed by atoms with Gasteiger partial charge in [-0.1, -0.05) is 54.6 Å². The molecule has 0 radical (unpaired) electrons. The molecule has 184 valence electrons. The Kier molecular flexibility index (Phi) is 8.10. The van der Waals surface area contributed by atoms with Crippen LogP contribution in [0.5, 0.6) is 0 Å². The van der Waals surface area contributed by atoms with Crippen LogP contribution in [-0.2, 0) is 23.7 Å². The predicted octanol–water partition coefficient (Wildman–Crippen LogP) is 3.83. The number of rotatable bonds is 8. The van der Waals surface area contributed by atoms with Crippen LogP contribution >= 0.6 is 11.6 Å². The molecule has 4 rings (SSSR count). The maximum Gasteiger partial charge on any atom is 0.338 e. The van der Waals surface area contributed by atoms with Crippen molar-refractivity contribution in [1.82, 2.24) is 0 Å². The van der Waals surface area contributed by atoms with Gasteiger partial charge in [0.2, 0.25) is 0 Å². The molecule has 1 aliphatic rings. The van der Waals surface area contributed by atoms with Crippen molar-refractivity contribution < 1.29 is 38.1 Å². The zero-order chi connectivity index (χ0) is 25.5. The zero-order valence-electron chi connectivity index (χ0n) is 18.8. The smallest absolute Gasteiger partial charge is 0.338 e. The van der Waals surface area contributed by atoms with Gasteiger partial charge in [-0.25, -0.2) is 14.4 Å². The van der Waals surface area contributed by atoms with Gasteiger partial charge in [0.15, 0.2) is 18.3 Å². The molecule has 3 aromatic rings. The lowest BCUT2D eigenvalue weighted by Gasteiger charge is -2.24. The number of halogens is 1. The lowest BCUT2D eigenvalue weighted by Crippen LogP contribution is -2.43. The Bertz CT molecular complexity index is 1220. The van der Waals surface area contributed by atoms with Crippen molar-refractivity contribution in [3.63, 3.8) is 0 Å². The third kappa shape index (κ3) is 5.97. The van der Waals surface area contributed by atoms with E-state index < -0.39 is 47.6 Å². The summed E-state index contributed by atoms with van der Waals surface area (Å²) in [7, 11) is 0. The van der Waals surface area contributed by atoms with Crippen molar-refractivity contribution in [2.45, 2.75) is 24.4 Å². The van der Waals surface area contributed by atoms with Crippen LogP contribution in [0.4, 0.5) is 0 Å². The van der Waals surface area contributed by atoms with E-state index in [2.05, 4.69) is 0 Å². The summed E-state index contributed by atoms with van der Waals surface area (Å²) in [5, 5.41) is -0.960. The molecule has 0 aliphatic carbocycles. The van der Waals surface area contributed by atoms with E-state index in [1.807, 2.05) is 0 Å². The van der Waals surface area contributed by atoms with Crippen LogP contribution in [-0.4, -0.2) is 54.2 Å². The summed E-state index contributed by atoms with van der Waals surface area (Å²) in [6.45, 7) is -0.388. The minimum absolute atomic E-state index is 0.213. The summed E-state index contributed by atoms with van der Waals surface area (Å²) in [5.41, 5.74) is 0.738. The maximum absolute atomic E-state index is 12.8. The van der Waals surface area contributed by atoms with Crippen LogP contribution in [0, 0.1) is 0 Å². The highest BCUT2D eigenvalue weighted by Gasteiger charge is 2.52. The van der Waals surface area contributed by atoms with Gasteiger partial charge in [0.1, 0.15) is 12.7 Å². The Morgan fingerprint density at radius 1 is 0.639 bits per heavy atom. The van der Waals surface area contributed by atoms with Gasteiger partial charge in [-0.2, -0.15) is 0 Å². The Morgan fingerprint density at radius 3 is 1.50 bits per heavy atom. The van der Waals surface area contributed by atoms with Crippen LogP contribution in [0.1, 0.15) is 31.1 Å². The molecule has 0 N–H and O–H groups in total. The van der Waals surface area contributed by atoms with Gasteiger partial charge < -0.3 is 18.9 Å². The molecule has 9 heteroatoms. The van der Waals surface area contributed by atoms with Crippen LogP contribution in [0.25, 0.3) is 0 Å². The number of hydrogen-bond acceptors (Lipinski definition) is 8. The average molecular weight is 509 g/mol. The molecule has 8 nitrogen and oxygen atoms in total. The molecule has 0 unspecified atom stereocenters. The van der Waals surface area contributed by atoms with Gasteiger partial charge in [0.25, 0.3) is 5.24 Å². The van der Waals surface area contributed by atoms with Gasteiger partial charge >= 0.3 is 17.9 Å². The van der Waals surface area contributed by atoms with Crippen molar-refractivity contribution >= 4 is 34.8 Å². The van der Waals surface area contributed by atoms with Gasteiger partial charge in [-0.15, -0.1) is 0 Å². The highest BCUT2D eigenvalue weighted by molar-refractivity contribution is 6.64. The fourth-order valence-electron chi connectivity index (χ4n) is 3.66. The number of ether oxygens (including phenoxy) is 4. The fourth-order valence-corrected chi connectivity index (χ4v) is 3.84. The van der Waals surface area contributed by atoms with E-state index in [4.69, 9.17) is 30.5 Å². The van der Waals surface area contributed by atoms with Crippen molar-refractivity contribution in [1.29, 1.82) is 0 Å². The van der Waals surface area contributed by atoms with Crippen molar-refractivity contribution in [2.24, 2.45) is 0 Å². The van der Waals surface area contributed by atoms with E-state index in [1.165, 1.54) is 24.3 Å². The summed E-state index contributed by atoms with van der Waals surface area (Å²) in [6, 6.07) is 24.4. The molecule has 1 heterocycles. The van der Waals surface area contributed by atoms with E-state index in [9.17, 15) is 19.2 Å². The van der Waals surface area contributed by atoms with Crippen LogP contribution in [0.3, 0.4) is 0 Å². The number of carbonyl (C=O) groups excluding carboxylic acids is 4. The minimum atomic E-state index is -1.45. The Hall–Kier alpha value is -4.01. The van der Waals surface area contributed by atoms with Gasteiger partial charge in [0.05, 0.1) is 16.7 Å². The molecule has 0 bridgehead atoms. The van der Waals surface area contributed by atoms with Gasteiger partial charge in [0, 0.05) is 0 Å². The molecule has 0 spiro atoms. The summed E-state index contributed by atoms with van der Waals surface area (Å²) < 4.78 is 22.2. The summed E-state index contributed by atoms with van der Waals surface area (Å²) >= 11 is 5.75. The number of carbonyl (C=O) groups is 4. The first kappa shape index (κ1) is 25.1. The quantitative estimate of drug-likeness (QED) is 0.257. The largest absolute Gasteiger partial charge is 0.459 e. The highest BCUT2D eigenvalue weighted by Crippen LogP contribution is 2.30. The standard InChI is InChI=1S/C27H21ClO8/c28-24(29)23-22(36-27(32)19-14-8-3-9-15-19)21(35-26(31)18-12-6-2-7-13-18)20(34-23)16-33-25(30)17-10-4-1-5-11-17/h1-15,20-23H,16H2/t20-,21-,22-,23-/m1/s1. The molecular weight excluding hydrogens is 488 g/mol. The molecular formula is C27H21ClO8. The van der Waals surface area contributed by atoms with Gasteiger partial charge in [-0.05, 0) is 48.0 Å². The molecule has 1 aliphatic heterocycles. The molecule has 0 amide bonds. The first-order chi connectivity index (χ1) is 17.4. The highest BCUT2D eigenvalue weighted by atomic mass is 35.5. The molecule has 1 fully saturated rings. The second-order valence-corrected chi connectivity index (χ2v) is 8.21. The molecule has 4 atom stereocenters. The van der Waals surface area contributed by atoms with E-state index in [0.717, 1.165) is 0 Å². The van der Waals surface area contributed by atoms with Gasteiger partial charge in [-0.3, -0.25) is 4.79 Å². The number of esters is 3. The maximum atomic E-state index is 12.8. The second kappa shape index (κ2) is 11.6. The Labute approximate surface area is 211 Å². The van der Waals surface area contributed by atoms with E-state index >= 15 is 0 Å². The summed E-state index contributed by atoms with van der Waals surface area (Å²) in [4.78, 5) is 50.2. The first-order valence-corrected chi connectivity index (χ1v) is 11.4. The molecule has 36 heavy (non-hydrogen) atoms. The predicted molar refractivity (Wildman–Crippen MR) is 128 cm³/mol. The summed E-state index contributed by atoms with van der Waals surface area (Å²) in [5.74, 6) is -2.16. The molecule has 1 saturated heterocycles. The summed E-state index contributed by atoms with van der Waals surface area (Å²) in [6.07, 6.45) is -5.25. The first-order valence-electron chi connectivity index (χ1n) is 11.0. The molecule has 0 saturated carbocycles. The fraction of sp³-hybridized carbons (Fsp3) is 0.185. The number of hydrogen-bond donors (Lipinski definition) is 0. The molecule has 3 aromatic carbocycles. The monoisotopic (exact) mass is 508 g/mol. The topological polar surface area (TPSA) is 105 Å². The second-order valence-electron chi connectivity index (χ2n) is 7.84. The third-order valence-electron chi connectivity index (χ3n) is 5.43. The van der Waals surface area contributed by atoms with Crippen molar-refractivity contribution in [2.75, 3.05) is 6.61 Å². The normalized spacial score (nSPS) is 20.8. The van der Waals surface area contributed by atoms with Crippen LogP contribution < -0.4 is 0 Å². The van der Waals surface area contributed by atoms with Crippen molar-refractivity contribution in [3.8, 4) is 0 Å². The van der Waals surface area contributed by atoms with E-state index in [0.29, 0.717) is 5.56 Å². The third-order valence-corrected chi connectivity index (χ3v) is 5.64. The van der Waals surface area contributed by atoms with Crippen LogP contribution in [0.15, 0.2) is 91.0 Å². The van der Waals surface area contributed by atoms with E-state index in [-0.39, 0.29) is 17.7 Å². The lowest BCUT2D eigenvalue weighted by atomic mass is 10.1. The van der Waals surface area contributed by atoms with Crippen LogP contribution in [0.2, 0.25) is 0 Å². The van der Waals surface area contributed by atoms with Crippen molar-refractivity contribution in [3.05, 3.63) is 108 Å². The Morgan fingerprint density at radius 2 is 1.06 bits per heavy atom.